The van der Waals surface area contributed by atoms with Crippen molar-refractivity contribution < 1.29 is 0 Å². The van der Waals surface area contributed by atoms with Crippen LogP contribution in [0.2, 0.25) is 0 Å². The number of aryl methyl sites for hydroxylation is 1. The normalized spacial score (nSPS) is 14.3. The van der Waals surface area contributed by atoms with Crippen LogP contribution in [0, 0.1) is 5.41 Å². The number of aliphatic imine (C=N–C) groups is 1. The van der Waals surface area contributed by atoms with Gasteiger partial charge < -0.3 is 16.5 Å². The van der Waals surface area contributed by atoms with E-state index in [1.54, 1.807) is 0 Å². The molecular formula is C22H27N5. The summed E-state index contributed by atoms with van der Waals surface area (Å²) < 4.78 is 0. The molecule has 140 valence electrons. The molecule has 6 N–H and O–H groups in total. The first-order chi connectivity index (χ1) is 13.1. The van der Waals surface area contributed by atoms with Crippen LogP contribution < -0.4 is 11.5 Å². The number of aromatic nitrogens is 1. The van der Waals surface area contributed by atoms with Gasteiger partial charge >= 0.3 is 0 Å². The van der Waals surface area contributed by atoms with Crippen molar-refractivity contribution in [3.63, 3.8) is 0 Å². The first kappa shape index (κ1) is 18.7. The van der Waals surface area contributed by atoms with Gasteiger partial charge in [0.05, 0.1) is 12.4 Å². The predicted molar refractivity (Wildman–Crippen MR) is 114 cm³/mol. The van der Waals surface area contributed by atoms with Crippen LogP contribution in [-0.4, -0.2) is 16.7 Å². The average Bonchev–Trinajstić information content (AvgIpc) is 3.04. The molecule has 2 aromatic rings. The van der Waals surface area contributed by atoms with Gasteiger partial charge in [0.2, 0.25) is 0 Å². The minimum absolute atomic E-state index is 0.0587. The van der Waals surface area contributed by atoms with Crippen molar-refractivity contribution in [1.29, 1.82) is 5.41 Å². The van der Waals surface area contributed by atoms with Crippen molar-refractivity contribution in [2.75, 3.05) is 0 Å². The Bertz CT molecular complexity index is 901. The number of hydrogen-bond donors (Lipinski definition) is 4. The minimum Gasteiger partial charge on any atom is -0.387 e. The largest absolute Gasteiger partial charge is 0.387 e. The fourth-order valence-corrected chi connectivity index (χ4v) is 3.49. The van der Waals surface area contributed by atoms with Crippen molar-refractivity contribution >= 4 is 23.8 Å². The standard InChI is InChI=1S/C22H27N5/c1-2-17-18-9-3-4-10-20(18)27-19(17)11-6-12-21(23)26-14-15-7-5-8-16(13-15)22(24)25/h2,5-8,11,13,27H,1,3-4,9-10,12,14H2,(H2,23,26)(H3,24,25)/b11-6-. The number of rotatable bonds is 7. The fourth-order valence-electron chi connectivity index (χ4n) is 3.49. The number of benzene rings is 1. The molecule has 3 rings (SSSR count). The van der Waals surface area contributed by atoms with E-state index in [-0.39, 0.29) is 5.84 Å². The molecule has 0 radical (unpaired) electrons. The van der Waals surface area contributed by atoms with Crippen LogP contribution in [0.25, 0.3) is 12.2 Å². The number of nitrogens with zero attached hydrogens (tertiary/aromatic N) is 1. The van der Waals surface area contributed by atoms with Crippen LogP contribution in [0.15, 0.2) is 41.9 Å². The lowest BCUT2D eigenvalue weighted by Gasteiger charge is -2.10. The SMILES string of the molecule is C=Cc1c(/C=C\CC(N)=NCc2cccc(C(=N)N)c2)[nH]c2c1CCCC2. The molecule has 0 saturated heterocycles. The number of hydrogen-bond acceptors (Lipinski definition) is 2. The van der Waals surface area contributed by atoms with Crippen molar-refractivity contribution in [3.05, 3.63) is 70.6 Å². The van der Waals surface area contributed by atoms with E-state index in [0.29, 0.717) is 24.4 Å². The third-order valence-corrected chi connectivity index (χ3v) is 4.89. The lowest BCUT2D eigenvalue weighted by Crippen LogP contribution is -2.12. The highest BCUT2D eigenvalue weighted by atomic mass is 14.8. The van der Waals surface area contributed by atoms with E-state index in [9.17, 15) is 0 Å². The second-order valence-electron chi connectivity index (χ2n) is 6.85. The van der Waals surface area contributed by atoms with Crippen molar-refractivity contribution in [2.24, 2.45) is 16.5 Å². The van der Waals surface area contributed by atoms with E-state index in [1.165, 1.54) is 29.7 Å². The highest BCUT2D eigenvalue weighted by Crippen LogP contribution is 2.28. The number of nitrogen functional groups attached to an aromatic ring is 1. The van der Waals surface area contributed by atoms with Gasteiger partial charge in [0, 0.05) is 28.9 Å². The topological polar surface area (TPSA) is 104 Å². The monoisotopic (exact) mass is 361 g/mol. The number of fused-ring (bicyclic) bond motifs is 1. The molecule has 0 unspecified atom stereocenters. The molecule has 1 heterocycles. The van der Waals surface area contributed by atoms with E-state index in [2.05, 4.69) is 22.6 Å². The van der Waals surface area contributed by atoms with Gasteiger partial charge in [0.1, 0.15) is 5.84 Å². The molecule has 0 aliphatic heterocycles. The van der Waals surface area contributed by atoms with E-state index < -0.39 is 0 Å². The Morgan fingerprint density at radius 1 is 1.26 bits per heavy atom. The second-order valence-corrected chi connectivity index (χ2v) is 6.85. The van der Waals surface area contributed by atoms with Gasteiger partial charge in [-0.15, -0.1) is 0 Å². The minimum atomic E-state index is 0.0587. The second kappa shape index (κ2) is 8.54. The highest BCUT2D eigenvalue weighted by molar-refractivity contribution is 5.95. The van der Waals surface area contributed by atoms with E-state index in [1.807, 2.05) is 36.4 Å². The van der Waals surface area contributed by atoms with E-state index in [0.717, 1.165) is 24.1 Å². The number of H-pyrrole nitrogens is 1. The Morgan fingerprint density at radius 2 is 2.07 bits per heavy atom. The summed E-state index contributed by atoms with van der Waals surface area (Å²) in [4.78, 5) is 7.97. The van der Waals surface area contributed by atoms with Crippen LogP contribution in [0.3, 0.4) is 0 Å². The van der Waals surface area contributed by atoms with Crippen molar-refractivity contribution in [2.45, 2.75) is 38.6 Å². The third-order valence-electron chi connectivity index (χ3n) is 4.89. The Kier molecular flexibility index (Phi) is 5.91. The molecule has 1 aliphatic carbocycles. The highest BCUT2D eigenvalue weighted by Gasteiger charge is 2.16. The van der Waals surface area contributed by atoms with Gasteiger partial charge in [-0.1, -0.05) is 36.9 Å². The predicted octanol–water partition coefficient (Wildman–Crippen LogP) is 3.78. The number of nitrogens with one attached hydrogen (secondary N) is 2. The summed E-state index contributed by atoms with van der Waals surface area (Å²) in [7, 11) is 0. The van der Waals surface area contributed by atoms with Gasteiger partial charge in [0.25, 0.3) is 0 Å². The van der Waals surface area contributed by atoms with Gasteiger partial charge in [-0.3, -0.25) is 10.4 Å². The molecule has 0 bridgehead atoms. The first-order valence-corrected chi connectivity index (χ1v) is 9.33. The van der Waals surface area contributed by atoms with Crippen LogP contribution in [0.4, 0.5) is 0 Å². The van der Waals surface area contributed by atoms with E-state index >= 15 is 0 Å². The quantitative estimate of drug-likeness (QED) is 0.445. The summed E-state index contributed by atoms with van der Waals surface area (Å²) in [5, 5.41) is 7.50. The molecule has 0 atom stereocenters. The molecule has 0 spiro atoms. The first-order valence-electron chi connectivity index (χ1n) is 9.33. The maximum atomic E-state index is 7.50. The Labute approximate surface area is 160 Å². The summed E-state index contributed by atoms with van der Waals surface area (Å²) >= 11 is 0. The zero-order valence-electron chi connectivity index (χ0n) is 15.6. The third kappa shape index (κ3) is 4.56. The van der Waals surface area contributed by atoms with Crippen molar-refractivity contribution in [1.82, 2.24) is 4.98 Å². The number of nitrogens with two attached hydrogens (primary N) is 2. The lowest BCUT2D eigenvalue weighted by atomic mass is 9.94. The lowest BCUT2D eigenvalue weighted by molar-refractivity contribution is 0.676. The Balaban J connectivity index is 1.63. The molecule has 5 nitrogen and oxygen atoms in total. The summed E-state index contributed by atoms with van der Waals surface area (Å²) in [6, 6.07) is 7.52. The van der Waals surface area contributed by atoms with Crippen molar-refractivity contribution in [3.8, 4) is 0 Å². The zero-order chi connectivity index (χ0) is 19.2. The molecule has 0 amide bonds. The van der Waals surface area contributed by atoms with Gasteiger partial charge in [-0.05, 0) is 49.0 Å². The molecule has 5 heteroatoms. The number of amidine groups is 2. The Hall–Kier alpha value is -3.08. The van der Waals surface area contributed by atoms with Gasteiger partial charge in [-0.2, -0.15) is 0 Å². The fraction of sp³-hybridized carbons (Fsp3) is 0.273. The summed E-state index contributed by atoms with van der Waals surface area (Å²) in [6.45, 7) is 4.45. The molecular weight excluding hydrogens is 334 g/mol. The molecule has 1 aromatic carbocycles. The Morgan fingerprint density at radius 3 is 2.85 bits per heavy atom. The smallest absolute Gasteiger partial charge is 0.122 e. The maximum absolute atomic E-state index is 7.50. The molecule has 1 aliphatic rings. The molecule has 27 heavy (non-hydrogen) atoms. The summed E-state index contributed by atoms with van der Waals surface area (Å²) in [5.41, 5.74) is 18.4. The number of aromatic amines is 1. The van der Waals surface area contributed by atoms with Gasteiger partial charge in [-0.25, -0.2) is 0 Å². The van der Waals surface area contributed by atoms with Crippen LogP contribution in [0.1, 0.15) is 52.9 Å². The zero-order valence-corrected chi connectivity index (χ0v) is 15.6. The van der Waals surface area contributed by atoms with Crippen LogP contribution in [0.5, 0.6) is 0 Å². The van der Waals surface area contributed by atoms with Gasteiger partial charge in [0.15, 0.2) is 0 Å². The summed E-state index contributed by atoms with van der Waals surface area (Å²) in [5.74, 6) is 0.638. The maximum Gasteiger partial charge on any atom is 0.122 e. The molecule has 0 saturated carbocycles. The van der Waals surface area contributed by atoms with Crippen LogP contribution >= 0.6 is 0 Å². The molecule has 1 aromatic heterocycles. The van der Waals surface area contributed by atoms with Crippen LogP contribution in [-0.2, 0) is 19.4 Å². The molecule has 0 fully saturated rings. The average molecular weight is 361 g/mol. The van der Waals surface area contributed by atoms with E-state index in [4.69, 9.17) is 16.9 Å². The summed E-state index contributed by atoms with van der Waals surface area (Å²) in [6.07, 6.45) is 11.4.